The normalized spacial score (nSPS) is 13.1. The van der Waals surface area contributed by atoms with Crippen LogP contribution in [0.2, 0.25) is 8.67 Å². The molecule has 152 valence electrons. The van der Waals surface area contributed by atoms with Gasteiger partial charge in [-0.3, -0.25) is 14.8 Å². The van der Waals surface area contributed by atoms with E-state index in [0.717, 1.165) is 20.9 Å². The van der Waals surface area contributed by atoms with Gasteiger partial charge in [0.05, 0.1) is 20.5 Å². The van der Waals surface area contributed by atoms with Gasteiger partial charge in [0, 0.05) is 34.5 Å². The number of hydrogen-bond acceptors (Lipinski definition) is 5. The van der Waals surface area contributed by atoms with Crippen LogP contribution in [0.4, 0.5) is 0 Å². The van der Waals surface area contributed by atoms with E-state index in [9.17, 15) is 4.79 Å². The van der Waals surface area contributed by atoms with Gasteiger partial charge in [-0.05, 0) is 72.5 Å². The number of halogens is 2. The molecule has 4 aromatic heterocycles. The van der Waals surface area contributed by atoms with Crippen molar-refractivity contribution in [2.75, 3.05) is 0 Å². The van der Waals surface area contributed by atoms with E-state index in [0.29, 0.717) is 21.5 Å². The predicted octanol–water partition coefficient (Wildman–Crippen LogP) is 6.83. The van der Waals surface area contributed by atoms with E-state index in [1.165, 1.54) is 22.7 Å². The Hall–Kier alpha value is -2.05. The molecule has 2 atom stereocenters. The summed E-state index contributed by atoms with van der Waals surface area (Å²) in [5.41, 5.74) is 2.14. The first-order valence-corrected chi connectivity index (χ1v) is 11.8. The SMILES string of the molecule is O=C(C(Cc1ccncc1)c1ccc(Cl)s1)C(Cc1ccncc1)c1ccc(Cl)s1. The number of nitrogens with zero attached hydrogens (tertiary/aromatic N) is 2. The maximum atomic E-state index is 14.0. The monoisotopic (exact) mass is 472 g/mol. The van der Waals surface area contributed by atoms with Gasteiger partial charge in [-0.1, -0.05) is 23.2 Å². The van der Waals surface area contributed by atoms with Crippen molar-refractivity contribution < 1.29 is 4.79 Å². The summed E-state index contributed by atoms with van der Waals surface area (Å²) in [6.45, 7) is 0. The lowest BCUT2D eigenvalue weighted by Gasteiger charge is -2.22. The highest BCUT2D eigenvalue weighted by Crippen LogP contribution is 2.38. The Bertz CT molecular complexity index is 1020. The lowest BCUT2D eigenvalue weighted by molar-refractivity contribution is -0.121. The van der Waals surface area contributed by atoms with Crippen LogP contribution in [0.3, 0.4) is 0 Å². The third kappa shape index (κ3) is 5.16. The summed E-state index contributed by atoms with van der Waals surface area (Å²) in [6.07, 6.45) is 8.23. The molecule has 0 aromatic carbocycles. The molecule has 0 saturated carbocycles. The molecule has 0 bridgehead atoms. The molecular weight excluding hydrogens is 455 g/mol. The average Bonchev–Trinajstić information content (AvgIpc) is 3.39. The number of pyridine rings is 2. The first-order valence-electron chi connectivity index (χ1n) is 9.42. The molecule has 0 aliphatic heterocycles. The number of carbonyl (C=O) groups excluding carboxylic acids is 1. The third-order valence-electron chi connectivity index (χ3n) is 4.94. The Morgan fingerprint density at radius 1 is 0.700 bits per heavy atom. The molecular formula is C23H18Cl2N2OS2. The topological polar surface area (TPSA) is 42.9 Å². The second-order valence-electron chi connectivity index (χ2n) is 6.91. The highest BCUT2D eigenvalue weighted by molar-refractivity contribution is 7.16. The molecule has 30 heavy (non-hydrogen) atoms. The Morgan fingerprint density at radius 2 is 1.10 bits per heavy atom. The summed E-state index contributed by atoms with van der Waals surface area (Å²) < 4.78 is 1.37. The molecule has 0 fully saturated rings. The summed E-state index contributed by atoms with van der Waals surface area (Å²) in [5.74, 6) is -0.420. The maximum absolute atomic E-state index is 14.0. The van der Waals surface area contributed by atoms with Crippen LogP contribution in [0, 0.1) is 0 Å². The minimum absolute atomic E-state index is 0.167. The van der Waals surface area contributed by atoms with Crippen molar-refractivity contribution in [2.24, 2.45) is 0 Å². The molecule has 0 spiro atoms. The number of carbonyl (C=O) groups is 1. The van der Waals surface area contributed by atoms with Crippen molar-refractivity contribution in [3.8, 4) is 0 Å². The minimum Gasteiger partial charge on any atom is -0.298 e. The zero-order valence-corrected chi connectivity index (χ0v) is 19.0. The first kappa shape index (κ1) is 21.2. The third-order valence-corrected chi connectivity index (χ3v) is 7.63. The lowest BCUT2D eigenvalue weighted by Crippen LogP contribution is -2.23. The lowest BCUT2D eigenvalue weighted by atomic mass is 9.83. The molecule has 0 aliphatic carbocycles. The van der Waals surface area contributed by atoms with E-state index >= 15 is 0 Å². The summed E-state index contributed by atoms with van der Waals surface area (Å²) >= 11 is 15.4. The average molecular weight is 473 g/mol. The maximum Gasteiger partial charge on any atom is 0.150 e. The Balaban J connectivity index is 1.71. The number of hydrogen-bond donors (Lipinski definition) is 0. The van der Waals surface area contributed by atoms with Gasteiger partial charge < -0.3 is 0 Å². The van der Waals surface area contributed by atoms with Crippen LogP contribution >= 0.6 is 45.9 Å². The van der Waals surface area contributed by atoms with E-state index in [1.54, 1.807) is 24.8 Å². The van der Waals surface area contributed by atoms with Crippen molar-refractivity contribution in [2.45, 2.75) is 24.7 Å². The summed E-state index contributed by atoms with van der Waals surface area (Å²) in [7, 11) is 0. The van der Waals surface area contributed by atoms with Crippen molar-refractivity contribution in [1.82, 2.24) is 9.97 Å². The van der Waals surface area contributed by atoms with Crippen LogP contribution in [0.25, 0.3) is 0 Å². The number of ketones is 1. The zero-order chi connectivity index (χ0) is 20.9. The van der Waals surface area contributed by atoms with Gasteiger partial charge in [-0.2, -0.15) is 0 Å². The second-order valence-corrected chi connectivity index (χ2v) is 10.4. The molecule has 4 aromatic rings. The van der Waals surface area contributed by atoms with Crippen molar-refractivity contribution >= 4 is 51.7 Å². The van der Waals surface area contributed by atoms with Gasteiger partial charge in [0.15, 0.2) is 0 Å². The summed E-state index contributed by atoms with van der Waals surface area (Å²) in [4.78, 5) is 24.1. The molecule has 4 heterocycles. The molecule has 3 nitrogen and oxygen atoms in total. The van der Waals surface area contributed by atoms with Gasteiger partial charge in [-0.25, -0.2) is 0 Å². The first-order chi connectivity index (χ1) is 14.6. The van der Waals surface area contributed by atoms with Gasteiger partial charge in [0.25, 0.3) is 0 Å². The zero-order valence-electron chi connectivity index (χ0n) is 15.9. The fourth-order valence-electron chi connectivity index (χ4n) is 3.47. The fraction of sp³-hybridized carbons (Fsp3) is 0.174. The molecule has 0 amide bonds. The quantitative estimate of drug-likeness (QED) is 0.282. The van der Waals surface area contributed by atoms with E-state index in [-0.39, 0.29) is 17.6 Å². The predicted molar refractivity (Wildman–Crippen MR) is 125 cm³/mol. The minimum atomic E-state index is -0.294. The van der Waals surface area contributed by atoms with Crippen LogP contribution in [-0.2, 0) is 17.6 Å². The van der Waals surface area contributed by atoms with Crippen molar-refractivity contribution in [3.63, 3.8) is 0 Å². The van der Waals surface area contributed by atoms with Gasteiger partial charge >= 0.3 is 0 Å². The van der Waals surface area contributed by atoms with E-state index < -0.39 is 0 Å². The van der Waals surface area contributed by atoms with Gasteiger partial charge in [0.2, 0.25) is 0 Å². The molecule has 0 saturated heterocycles. The number of rotatable bonds is 8. The van der Waals surface area contributed by atoms with Crippen LogP contribution in [-0.4, -0.2) is 15.8 Å². The van der Waals surface area contributed by atoms with E-state index in [2.05, 4.69) is 9.97 Å². The molecule has 7 heteroatoms. The summed E-state index contributed by atoms with van der Waals surface area (Å²) in [6, 6.07) is 15.4. The standard InChI is InChI=1S/C23H18Cl2N2OS2/c24-21-3-1-19(29-21)17(13-15-5-9-26-10-6-15)23(28)18(20-2-4-22(25)30-20)14-16-7-11-27-12-8-16/h1-12,17-18H,13-14H2. The molecule has 4 rings (SSSR count). The Labute approximate surface area is 193 Å². The van der Waals surface area contributed by atoms with Gasteiger partial charge in [-0.15, -0.1) is 22.7 Å². The van der Waals surface area contributed by atoms with Crippen molar-refractivity contribution in [3.05, 3.63) is 103 Å². The van der Waals surface area contributed by atoms with Crippen LogP contribution in [0.15, 0.2) is 73.3 Å². The Kier molecular flexibility index (Phi) is 6.95. The molecule has 0 aliphatic rings. The Morgan fingerprint density at radius 3 is 1.43 bits per heavy atom. The molecule has 0 radical (unpaired) electrons. The van der Waals surface area contributed by atoms with E-state index in [4.69, 9.17) is 23.2 Å². The smallest absolute Gasteiger partial charge is 0.150 e. The number of Topliss-reactive ketones (excluding diaryl/α,β-unsaturated/α-hetero) is 1. The van der Waals surface area contributed by atoms with Crippen LogP contribution < -0.4 is 0 Å². The summed E-state index contributed by atoms with van der Waals surface area (Å²) in [5, 5.41) is 0. The van der Waals surface area contributed by atoms with E-state index in [1.807, 2.05) is 48.5 Å². The van der Waals surface area contributed by atoms with Crippen LogP contribution in [0.5, 0.6) is 0 Å². The molecule has 2 unspecified atom stereocenters. The number of aromatic nitrogens is 2. The molecule has 0 N–H and O–H groups in total. The fourth-order valence-corrected chi connectivity index (χ4v) is 5.80. The van der Waals surface area contributed by atoms with Crippen LogP contribution in [0.1, 0.15) is 32.7 Å². The largest absolute Gasteiger partial charge is 0.298 e. The number of thiophene rings is 2. The second kappa shape index (κ2) is 9.84. The highest BCUT2D eigenvalue weighted by Gasteiger charge is 2.31. The highest BCUT2D eigenvalue weighted by atomic mass is 35.5. The van der Waals surface area contributed by atoms with Gasteiger partial charge in [0.1, 0.15) is 5.78 Å². The van der Waals surface area contributed by atoms with Crippen molar-refractivity contribution in [1.29, 1.82) is 0 Å².